The number of halogens is 1. The van der Waals surface area contributed by atoms with Crippen molar-refractivity contribution in [3.05, 3.63) is 33.8 Å². The molecule has 0 amide bonds. The third-order valence-corrected chi connectivity index (χ3v) is 3.37. The molecule has 94 valence electrons. The van der Waals surface area contributed by atoms with Crippen molar-refractivity contribution in [2.24, 2.45) is 0 Å². The predicted molar refractivity (Wildman–Crippen MR) is 72.3 cm³/mol. The average Bonchev–Trinajstić information content (AvgIpc) is 2.28. The summed E-state index contributed by atoms with van der Waals surface area (Å²) in [5.41, 5.74) is 1.44. The number of unbranched alkanes of at least 4 members (excludes halogenated alkanes) is 1. The van der Waals surface area contributed by atoms with Crippen LogP contribution in [0.4, 0.5) is 0 Å². The molecule has 1 aromatic carbocycles. The highest BCUT2D eigenvalue weighted by atomic mass is 79.9. The molecule has 0 heterocycles. The zero-order valence-corrected chi connectivity index (χ0v) is 11.8. The molecule has 0 aliphatic rings. The number of carboxylic acids is 1. The second-order valence-electron chi connectivity index (χ2n) is 4.20. The first-order valence-electron chi connectivity index (χ1n) is 5.75. The van der Waals surface area contributed by atoms with E-state index in [9.17, 15) is 4.79 Å². The fraction of sp³-hybridized carbons (Fsp3) is 0.462. The molecule has 3 nitrogen and oxygen atoms in total. The summed E-state index contributed by atoms with van der Waals surface area (Å²) in [7, 11) is 2.08. The van der Waals surface area contributed by atoms with Gasteiger partial charge in [-0.25, -0.2) is 4.79 Å². The molecule has 0 spiro atoms. The smallest absolute Gasteiger partial charge is 0.335 e. The monoisotopic (exact) mass is 299 g/mol. The van der Waals surface area contributed by atoms with E-state index < -0.39 is 5.97 Å². The van der Waals surface area contributed by atoms with Crippen LogP contribution in [0.15, 0.2) is 22.7 Å². The van der Waals surface area contributed by atoms with Crippen LogP contribution in [0.5, 0.6) is 0 Å². The van der Waals surface area contributed by atoms with Gasteiger partial charge in [-0.3, -0.25) is 0 Å². The maximum atomic E-state index is 10.8. The minimum Gasteiger partial charge on any atom is -0.478 e. The topological polar surface area (TPSA) is 40.5 Å². The van der Waals surface area contributed by atoms with E-state index in [1.807, 2.05) is 6.07 Å². The van der Waals surface area contributed by atoms with E-state index in [1.54, 1.807) is 12.1 Å². The lowest BCUT2D eigenvalue weighted by Crippen LogP contribution is -2.19. The van der Waals surface area contributed by atoms with E-state index >= 15 is 0 Å². The highest BCUT2D eigenvalue weighted by Crippen LogP contribution is 2.20. The van der Waals surface area contributed by atoms with Crippen LogP contribution < -0.4 is 0 Å². The molecule has 0 saturated heterocycles. The van der Waals surface area contributed by atoms with E-state index in [1.165, 1.54) is 12.8 Å². The van der Waals surface area contributed by atoms with Gasteiger partial charge in [0.2, 0.25) is 0 Å². The molecule has 0 saturated carbocycles. The van der Waals surface area contributed by atoms with Gasteiger partial charge in [-0.2, -0.15) is 0 Å². The van der Waals surface area contributed by atoms with E-state index in [2.05, 4.69) is 34.8 Å². The van der Waals surface area contributed by atoms with E-state index in [0.29, 0.717) is 5.56 Å². The maximum absolute atomic E-state index is 10.8. The summed E-state index contributed by atoms with van der Waals surface area (Å²) < 4.78 is 0.862. The molecular weight excluding hydrogens is 282 g/mol. The Morgan fingerprint density at radius 3 is 2.71 bits per heavy atom. The van der Waals surface area contributed by atoms with Crippen LogP contribution >= 0.6 is 15.9 Å². The Balaban J connectivity index is 2.69. The zero-order chi connectivity index (χ0) is 12.8. The van der Waals surface area contributed by atoms with Crippen molar-refractivity contribution in [1.29, 1.82) is 0 Å². The lowest BCUT2D eigenvalue weighted by molar-refractivity contribution is 0.0697. The van der Waals surface area contributed by atoms with Crippen molar-refractivity contribution >= 4 is 21.9 Å². The number of carboxylic acid groups (broad SMARTS) is 1. The van der Waals surface area contributed by atoms with Crippen molar-refractivity contribution in [1.82, 2.24) is 4.90 Å². The Hall–Kier alpha value is -0.870. The Bertz CT molecular complexity index is 393. The predicted octanol–water partition coefficient (Wildman–Crippen LogP) is 3.38. The highest BCUT2D eigenvalue weighted by molar-refractivity contribution is 9.10. The Kier molecular flexibility index (Phi) is 5.65. The number of rotatable bonds is 6. The third-order valence-electron chi connectivity index (χ3n) is 2.63. The van der Waals surface area contributed by atoms with E-state index in [0.717, 1.165) is 23.1 Å². The highest BCUT2D eigenvalue weighted by Gasteiger charge is 2.08. The summed E-state index contributed by atoms with van der Waals surface area (Å²) >= 11 is 3.42. The summed E-state index contributed by atoms with van der Waals surface area (Å²) in [6.45, 7) is 4.06. The molecule has 0 aliphatic heterocycles. The molecule has 0 aromatic heterocycles. The first-order chi connectivity index (χ1) is 8.04. The van der Waals surface area contributed by atoms with Crippen molar-refractivity contribution in [3.8, 4) is 0 Å². The first-order valence-corrected chi connectivity index (χ1v) is 6.54. The van der Waals surface area contributed by atoms with Gasteiger partial charge < -0.3 is 10.0 Å². The maximum Gasteiger partial charge on any atom is 0.335 e. The van der Waals surface area contributed by atoms with Gasteiger partial charge in [-0.05, 0) is 37.7 Å². The summed E-state index contributed by atoms with van der Waals surface area (Å²) in [4.78, 5) is 13.0. The van der Waals surface area contributed by atoms with E-state index in [-0.39, 0.29) is 0 Å². The van der Waals surface area contributed by atoms with Gasteiger partial charge in [0, 0.05) is 11.0 Å². The zero-order valence-electron chi connectivity index (χ0n) is 10.2. The molecular formula is C13H18BrNO2. The summed E-state index contributed by atoms with van der Waals surface area (Å²) in [5, 5.41) is 8.87. The Morgan fingerprint density at radius 2 is 2.18 bits per heavy atom. The fourth-order valence-electron chi connectivity index (χ4n) is 1.61. The molecule has 1 rings (SSSR count). The minimum absolute atomic E-state index is 0.317. The van der Waals surface area contributed by atoms with Gasteiger partial charge in [0.15, 0.2) is 0 Å². The van der Waals surface area contributed by atoms with Crippen molar-refractivity contribution in [3.63, 3.8) is 0 Å². The quantitative estimate of drug-likeness (QED) is 0.875. The second kappa shape index (κ2) is 6.77. The molecule has 0 fully saturated rings. The Morgan fingerprint density at radius 1 is 1.47 bits per heavy atom. The van der Waals surface area contributed by atoms with Crippen LogP contribution in [0, 0.1) is 0 Å². The Labute approximate surface area is 111 Å². The SMILES string of the molecule is CCCCN(C)Cc1ccc(C(=O)O)cc1Br. The van der Waals surface area contributed by atoms with Crippen LogP contribution in [0.2, 0.25) is 0 Å². The third kappa shape index (κ3) is 4.48. The molecule has 0 unspecified atom stereocenters. The molecule has 4 heteroatoms. The number of hydrogen-bond donors (Lipinski definition) is 1. The lowest BCUT2D eigenvalue weighted by Gasteiger charge is -2.17. The molecule has 1 aromatic rings. The lowest BCUT2D eigenvalue weighted by atomic mass is 10.1. The fourth-order valence-corrected chi connectivity index (χ4v) is 2.11. The van der Waals surface area contributed by atoms with Gasteiger partial charge in [0.1, 0.15) is 0 Å². The average molecular weight is 300 g/mol. The largest absolute Gasteiger partial charge is 0.478 e. The molecule has 0 atom stereocenters. The molecule has 1 N–H and O–H groups in total. The number of aromatic carboxylic acids is 1. The van der Waals surface area contributed by atoms with Crippen LogP contribution in [0.25, 0.3) is 0 Å². The van der Waals surface area contributed by atoms with Gasteiger partial charge in [-0.15, -0.1) is 0 Å². The second-order valence-corrected chi connectivity index (χ2v) is 5.06. The van der Waals surface area contributed by atoms with Crippen LogP contribution in [-0.4, -0.2) is 29.6 Å². The van der Waals surface area contributed by atoms with E-state index in [4.69, 9.17) is 5.11 Å². The summed E-state index contributed by atoms with van der Waals surface area (Å²) in [5.74, 6) is -0.892. The van der Waals surface area contributed by atoms with Crippen LogP contribution in [0.3, 0.4) is 0 Å². The molecule has 0 radical (unpaired) electrons. The number of hydrogen-bond acceptors (Lipinski definition) is 2. The molecule has 0 bridgehead atoms. The summed E-state index contributed by atoms with van der Waals surface area (Å²) in [6, 6.07) is 5.18. The van der Waals surface area contributed by atoms with Gasteiger partial charge in [0.05, 0.1) is 5.56 Å². The standard InChI is InChI=1S/C13H18BrNO2/c1-3-4-7-15(2)9-11-6-5-10(13(16)17)8-12(11)14/h5-6,8H,3-4,7,9H2,1-2H3,(H,16,17). The van der Waals surface area contributed by atoms with Crippen LogP contribution in [-0.2, 0) is 6.54 Å². The van der Waals surface area contributed by atoms with Gasteiger partial charge in [-0.1, -0.05) is 35.3 Å². The normalized spacial score (nSPS) is 10.8. The number of nitrogens with zero attached hydrogens (tertiary/aromatic N) is 1. The first kappa shape index (κ1) is 14.2. The molecule has 17 heavy (non-hydrogen) atoms. The van der Waals surface area contributed by atoms with Gasteiger partial charge in [0.25, 0.3) is 0 Å². The minimum atomic E-state index is -0.892. The van der Waals surface area contributed by atoms with Gasteiger partial charge >= 0.3 is 5.97 Å². The van der Waals surface area contributed by atoms with Crippen molar-refractivity contribution < 1.29 is 9.90 Å². The molecule has 0 aliphatic carbocycles. The van der Waals surface area contributed by atoms with Crippen molar-refractivity contribution in [2.75, 3.05) is 13.6 Å². The van der Waals surface area contributed by atoms with Crippen LogP contribution in [0.1, 0.15) is 35.7 Å². The summed E-state index contributed by atoms with van der Waals surface area (Å²) in [6.07, 6.45) is 2.37. The van der Waals surface area contributed by atoms with Crippen molar-refractivity contribution in [2.45, 2.75) is 26.3 Å². The number of carbonyl (C=O) groups is 1. The number of benzene rings is 1.